The Balaban J connectivity index is 2.51. The van der Waals surface area contributed by atoms with E-state index in [9.17, 15) is 0 Å². The number of nitrogens with one attached hydrogen (secondary N) is 2. The van der Waals surface area contributed by atoms with E-state index in [2.05, 4.69) is 34.4 Å². The molecule has 1 rings (SSSR count). The van der Waals surface area contributed by atoms with Crippen LogP contribution in [-0.4, -0.2) is 29.8 Å². The molecule has 0 aliphatic carbocycles. The van der Waals surface area contributed by atoms with Gasteiger partial charge < -0.3 is 10.6 Å². The first-order valence-electron chi connectivity index (χ1n) is 6.00. The van der Waals surface area contributed by atoms with Gasteiger partial charge in [-0.25, -0.2) is 9.97 Å². The molecule has 1 heterocycles. The van der Waals surface area contributed by atoms with Crippen molar-refractivity contribution in [2.24, 2.45) is 5.92 Å². The first kappa shape index (κ1) is 14.1. The van der Waals surface area contributed by atoms with Crippen LogP contribution in [-0.2, 0) is 0 Å². The van der Waals surface area contributed by atoms with Crippen LogP contribution in [0.15, 0.2) is 11.2 Å². The Bertz CT molecular complexity index is 319. The molecule has 0 aliphatic rings. The fourth-order valence-corrected chi connectivity index (χ4v) is 1.84. The number of thioether (sulfide) groups is 1. The van der Waals surface area contributed by atoms with Gasteiger partial charge in [0.1, 0.15) is 11.6 Å². The molecule has 0 atom stereocenters. The van der Waals surface area contributed by atoms with Crippen molar-refractivity contribution in [3.8, 4) is 0 Å². The predicted octanol–water partition coefficient (Wildman–Crippen LogP) is 3.09. The Morgan fingerprint density at radius 1 is 1.29 bits per heavy atom. The summed E-state index contributed by atoms with van der Waals surface area (Å²) in [5.41, 5.74) is 0. The number of aromatic nitrogens is 2. The topological polar surface area (TPSA) is 49.8 Å². The van der Waals surface area contributed by atoms with E-state index in [0.717, 1.165) is 29.3 Å². The van der Waals surface area contributed by atoms with Gasteiger partial charge in [0, 0.05) is 19.7 Å². The summed E-state index contributed by atoms with van der Waals surface area (Å²) in [6, 6.07) is 1.94. The molecule has 96 valence electrons. The lowest BCUT2D eigenvalue weighted by molar-refractivity contribution is 0.566. The fourth-order valence-electron chi connectivity index (χ4n) is 1.46. The van der Waals surface area contributed by atoms with Crippen molar-refractivity contribution in [1.82, 2.24) is 9.97 Å². The molecule has 5 heteroatoms. The zero-order valence-electron chi connectivity index (χ0n) is 11.1. The van der Waals surface area contributed by atoms with Gasteiger partial charge in [0.15, 0.2) is 5.16 Å². The second-order valence-corrected chi connectivity index (χ2v) is 5.11. The van der Waals surface area contributed by atoms with E-state index in [4.69, 9.17) is 0 Å². The van der Waals surface area contributed by atoms with Crippen LogP contribution >= 0.6 is 11.8 Å². The third kappa shape index (κ3) is 5.26. The van der Waals surface area contributed by atoms with Gasteiger partial charge in [0.05, 0.1) is 0 Å². The molecule has 0 bridgehead atoms. The van der Waals surface area contributed by atoms with E-state index >= 15 is 0 Å². The summed E-state index contributed by atoms with van der Waals surface area (Å²) in [5, 5.41) is 7.19. The molecule has 0 saturated carbocycles. The predicted molar refractivity (Wildman–Crippen MR) is 75.9 cm³/mol. The molecule has 17 heavy (non-hydrogen) atoms. The van der Waals surface area contributed by atoms with Crippen LogP contribution in [0.2, 0.25) is 0 Å². The Morgan fingerprint density at radius 3 is 2.59 bits per heavy atom. The molecule has 0 aliphatic heterocycles. The first-order valence-corrected chi connectivity index (χ1v) is 7.23. The molecule has 0 aromatic carbocycles. The van der Waals surface area contributed by atoms with Crippen LogP contribution in [0.1, 0.15) is 26.7 Å². The summed E-state index contributed by atoms with van der Waals surface area (Å²) >= 11 is 1.55. The SMILES string of the molecule is CNc1cc(NCCCC(C)C)nc(SC)n1. The molecule has 0 radical (unpaired) electrons. The highest BCUT2D eigenvalue weighted by Gasteiger charge is 2.02. The minimum atomic E-state index is 0.761. The third-order valence-electron chi connectivity index (χ3n) is 2.41. The zero-order chi connectivity index (χ0) is 12.7. The molecule has 1 aromatic rings. The van der Waals surface area contributed by atoms with Crippen molar-refractivity contribution < 1.29 is 0 Å². The molecule has 1 aromatic heterocycles. The van der Waals surface area contributed by atoms with Crippen LogP contribution in [0.4, 0.5) is 11.6 Å². The molecular formula is C12H22N4S. The maximum absolute atomic E-state index is 4.42. The average Bonchev–Trinajstić information content (AvgIpc) is 2.34. The Kier molecular flexibility index (Phi) is 6.11. The van der Waals surface area contributed by atoms with Crippen LogP contribution in [0.25, 0.3) is 0 Å². The van der Waals surface area contributed by atoms with E-state index in [1.54, 1.807) is 11.8 Å². The highest BCUT2D eigenvalue weighted by atomic mass is 32.2. The Hall–Kier alpha value is -0.970. The highest BCUT2D eigenvalue weighted by molar-refractivity contribution is 7.98. The Morgan fingerprint density at radius 2 is 2.00 bits per heavy atom. The van der Waals surface area contributed by atoms with Crippen molar-refractivity contribution >= 4 is 23.4 Å². The second kappa shape index (κ2) is 7.37. The normalized spacial score (nSPS) is 10.6. The van der Waals surface area contributed by atoms with Crippen molar-refractivity contribution in [2.75, 3.05) is 30.5 Å². The van der Waals surface area contributed by atoms with Crippen LogP contribution < -0.4 is 10.6 Å². The van der Waals surface area contributed by atoms with Crippen molar-refractivity contribution in [3.05, 3.63) is 6.07 Å². The third-order valence-corrected chi connectivity index (χ3v) is 2.96. The van der Waals surface area contributed by atoms with Gasteiger partial charge in [-0.3, -0.25) is 0 Å². The minimum absolute atomic E-state index is 0.761. The average molecular weight is 254 g/mol. The van der Waals surface area contributed by atoms with Gasteiger partial charge in [-0.1, -0.05) is 25.6 Å². The van der Waals surface area contributed by atoms with E-state index in [0.29, 0.717) is 0 Å². The van der Waals surface area contributed by atoms with E-state index in [1.807, 2.05) is 19.4 Å². The zero-order valence-corrected chi connectivity index (χ0v) is 11.9. The van der Waals surface area contributed by atoms with E-state index < -0.39 is 0 Å². The number of anilines is 2. The molecule has 0 saturated heterocycles. The molecule has 0 fully saturated rings. The van der Waals surface area contributed by atoms with Gasteiger partial charge in [0.25, 0.3) is 0 Å². The van der Waals surface area contributed by atoms with Gasteiger partial charge in [-0.2, -0.15) is 0 Å². The molecule has 0 spiro atoms. The summed E-state index contributed by atoms with van der Waals surface area (Å²) in [5.74, 6) is 2.52. The lowest BCUT2D eigenvalue weighted by Crippen LogP contribution is -2.06. The summed E-state index contributed by atoms with van der Waals surface area (Å²) < 4.78 is 0. The van der Waals surface area contributed by atoms with Crippen LogP contribution in [0.5, 0.6) is 0 Å². The lowest BCUT2D eigenvalue weighted by Gasteiger charge is -2.09. The largest absolute Gasteiger partial charge is 0.373 e. The summed E-state index contributed by atoms with van der Waals surface area (Å²) in [4.78, 5) is 8.74. The molecule has 0 unspecified atom stereocenters. The highest BCUT2D eigenvalue weighted by Crippen LogP contribution is 2.17. The maximum atomic E-state index is 4.42. The van der Waals surface area contributed by atoms with Gasteiger partial charge >= 0.3 is 0 Å². The quantitative estimate of drug-likeness (QED) is 0.445. The Labute approximate surface area is 108 Å². The van der Waals surface area contributed by atoms with Gasteiger partial charge in [-0.15, -0.1) is 0 Å². The smallest absolute Gasteiger partial charge is 0.191 e. The van der Waals surface area contributed by atoms with Gasteiger partial charge in [-0.05, 0) is 25.0 Å². The summed E-state index contributed by atoms with van der Waals surface area (Å²) in [6.45, 7) is 5.46. The summed E-state index contributed by atoms with van der Waals surface area (Å²) in [6.07, 6.45) is 4.40. The maximum Gasteiger partial charge on any atom is 0.191 e. The minimum Gasteiger partial charge on any atom is -0.373 e. The first-order chi connectivity index (χ1) is 8.15. The molecule has 0 amide bonds. The molecule has 4 nitrogen and oxygen atoms in total. The number of hydrogen-bond acceptors (Lipinski definition) is 5. The second-order valence-electron chi connectivity index (χ2n) is 4.34. The number of nitrogens with zero attached hydrogens (tertiary/aromatic N) is 2. The molecule has 2 N–H and O–H groups in total. The van der Waals surface area contributed by atoms with Crippen LogP contribution in [0, 0.1) is 5.92 Å². The van der Waals surface area contributed by atoms with Crippen LogP contribution in [0.3, 0.4) is 0 Å². The van der Waals surface area contributed by atoms with E-state index in [-0.39, 0.29) is 0 Å². The monoisotopic (exact) mass is 254 g/mol. The van der Waals surface area contributed by atoms with E-state index in [1.165, 1.54) is 12.8 Å². The molecular weight excluding hydrogens is 232 g/mol. The number of hydrogen-bond donors (Lipinski definition) is 2. The summed E-state index contributed by atoms with van der Waals surface area (Å²) in [7, 11) is 1.87. The lowest BCUT2D eigenvalue weighted by atomic mass is 10.1. The van der Waals surface area contributed by atoms with Crippen molar-refractivity contribution in [2.45, 2.75) is 31.8 Å². The van der Waals surface area contributed by atoms with Gasteiger partial charge in [0.2, 0.25) is 0 Å². The standard InChI is InChI=1S/C12H22N4S/c1-9(2)6-5-7-14-11-8-10(13-3)15-12(16-11)17-4/h8-9H,5-7H2,1-4H3,(H2,13,14,15,16). The fraction of sp³-hybridized carbons (Fsp3) is 0.667. The number of rotatable bonds is 7. The van der Waals surface area contributed by atoms with Crippen molar-refractivity contribution in [1.29, 1.82) is 0 Å². The van der Waals surface area contributed by atoms with Crippen molar-refractivity contribution in [3.63, 3.8) is 0 Å².